The Bertz CT molecular complexity index is 299. The molecule has 0 N–H and O–H groups in total. The molecule has 1 aromatic rings. The fraction of sp³-hybridized carbons (Fsp3) is 0.556. The summed E-state index contributed by atoms with van der Waals surface area (Å²) >= 11 is 3.53. The van der Waals surface area contributed by atoms with Crippen LogP contribution < -0.4 is 0 Å². The Balaban J connectivity index is 2.45. The van der Waals surface area contributed by atoms with Crippen molar-refractivity contribution in [3.05, 3.63) is 16.1 Å². The third-order valence-corrected chi connectivity index (χ3v) is 3.59. The Labute approximate surface area is 87.0 Å². The van der Waals surface area contributed by atoms with Crippen LogP contribution in [0.25, 0.3) is 0 Å². The second-order valence-electron chi connectivity index (χ2n) is 2.93. The van der Waals surface area contributed by atoms with Crippen molar-refractivity contribution in [3.63, 3.8) is 0 Å². The molecule has 0 spiro atoms. The minimum absolute atomic E-state index is 0.433. The van der Waals surface area contributed by atoms with Gasteiger partial charge >= 0.3 is 0 Å². The summed E-state index contributed by atoms with van der Waals surface area (Å²) in [5.41, 5.74) is 0.909. The van der Waals surface area contributed by atoms with Crippen LogP contribution in [0.15, 0.2) is 5.38 Å². The average molecular weight is 212 g/mol. The van der Waals surface area contributed by atoms with Gasteiger partial charge in [0.1, 0.15) is 5.01 Å². The molecule has 1 aromatic heterocycles. The number of nitrogens with zero attached hydrogens (tertiary/aromatic N) is 2. The monoisotopic (exact) mass is 212 g/mol. The van der Waals surface area contributed by atoms with E-state index >= 15 is 0 Å². The Morgan fingerprint density at radius 2 is 2.46 bits per heavy atom. The van der Waals surface area contributed by atoms with E-state index < -0.39 is 0 Å². The van der Waals surface area contributed by atoms with Crippen LogP contribution in [-0.4, -0.2) is 10.2 Å². The number of aromatic nitrogens is 1. The summed E-state index contributed by atoms with van der Waals surface area (Å²) in [7, 11) is 0. The molecular formula is C9H12N2S2. The van der Waals surface area contributed by atoms with Gasteiger partial charge in [-0.05, 0) is 5.25 Å². The summed E-state index contributed by atoms with van der Waals surface area (Å²) in [5.74, 6) is 0.966. The molecule has 0 radical (unpaired) electrons. The predicted octanol–water partition coefficient (Wildman–Crippen LogP) is 2.85. The van der Waals surface area contributed by atoms with Crippen molar-refractivity contribution >= 4 is 23.1 Å². The quantitative estimate of drug-likeness (QED) is 0.770. The second-order valence-corrected chi connectivity index (χ2v) is 5.43. The van der Waals surface area contributed by atoms with E-state index in [1.165, 1.54) is 0 Å². The molecule has 70 valence electrons. The largest absolute Gasteiger partial charge is 0.244 e. The van der Waals surface area contributed by atoms with E-state index in [4.69, 9.17) is 5.26 Å². The molecule has 4 heteroatoms. The molecule has 2 nitrogen and oxygen atoms in total. The maximum Gasteiger partial charge on any atom is 0.103 e. The van der Waals surface area contributed by atoms with Crippen molar-refractivity contribution in [1.82, 2.24) is 4.98 Å². The lowest BCUT2D eigenvalue weighted by molar-refractivity contribution is 1.09. The van der Waals surface area contributed by atoms with Gasteiger partial charge in [0.05, 0.1) is 18.2 Å². The summed E-state index contributed by atoms with van der Waals surface area (Å²) in [4.78, 5) is 4.35. The van der Waals surface area contributed by atoms with Gasteiger partial charge in [0.2, 0.25) is 0 Å². The molecule has 0 saturated carbocycles. The average Bonchev–Trinajstić information content (AvgIpc) is 2.50. The molecule has 0 amide bonds. The number of rotatable bonds is 4. The minimum atomic E-state index is 0.433. The van der Waals surface area contributed by atoms with Gasteiger partial charge < -0.3 is 0 Å². The first kappa shape index (κ1) is 10.6. The standard InChI is InChI=1S/C9H12N2S2/c1-7(2)12-6-9-11-8(3-4-10)5-13-9/h5,7H,3,6H2,1-2H3. The SMILES string of the molecule is CC(C)SCc1nc(CC#N)cs1. The Morgan fingerprint density at radius 3 is 3.08 bits per heavy atom. The number of thioether (sulfide) groups is 1. The second kappa shape index (κ2) is 5.25. The number of thiazole rings is 1. The minimum Gasteiger partial charge on any atom is -0.244 e. The van der Waals surface area contributed by atoms with Gasteiger partial charge in [-0.3, -0.25) is 0 Å². The van der Waals surface area contributed by atoms with Gasteiger partial charge in [0.25, 0.3) is 0 Å². The van der Waals surface area contributed by atoms with E-state index in [1.54, 1.807) is 11.3 Å². The van der Waals surface area contributed by atoms with Crippen LogP contribution in [0.4, 0.5) is 0 Å². The zero-order valence-corrected chi connectivity index (χ0v) is 9.41. The van der Waals surface area contributed by atoms with Crippen LogP contribution in [-0.2, 0) is 12.2 Å². The van der Waals surface area contributed by atoms with E-state index in [-0.39, 0.29) is 0 Å². The molecule has 0 atom stereocenters. The summed E-state index contributed by atoms with van der Waals surface area (Å²) in [5, 5.41) is 12.2. The first-order valence-electron chi connectivity index (χ1n) is 4.14. The Hall–Kier alpha value is -0.530. The van der Waals surface area contributed by atoms with Crippen molar-refractivity contribution in [2.24, 2.45) is 0 Å². The highest BCUT2D eigenvalue weighted by molar-refractivity contribution is 7.99. The normalized spacial score (nSPS) is 10.3. The zero-order chi connectivity index (χ0) is 9.68. The molecular weight excluding hydrogens is 200 g/mol. The smallest absolute Gasteiger partial charge is 0.103 e. The summed E-state index contributed by atoms with van der Waals surface area (Å²) in [6.45, 7) is 4.35. The molecule has 0 aliphatic rings. The predicted molar refractivity (Wildman–Crippen MR) is 57.9 cm³/mol. The fourth-order valence-electron chi connectivity index (χ4n) is 0.815. The van der Waals surface area contributed by atoms with Gasteiger partial charge in [0, 0.05) is 11.1 Å². The van der Waals surface area contributed by atoms with Gasteiger partial charge in [0.15, 0.2) is 0 Å². The van der Waals surface area contributed by atoms with Crippen LogP contribution in [0, 0.1) is 11.3 Å². The van der Waals surface area contributed by atoms with E-state index in [2.05, 4.69) is 24.9 Å². The molecule has 0 bridgehead atoms. The Morgan fingerprint density at radius 1 is 1.69 bits per heavy atom. The highest BCUT2D eigenvalue weighted by Gasteiger charge is 2.02. The van der Waals surface area contributed by atoms with Crippen LogP contribution in [0.5, 0.6) is 0 Å². The molecule has 0 aliphatic carbocycles. The maximum absolute atomic E-state index is 8.46. The topological polar surface area (TPSA) is 36.7 Å². The van der Waals surface area contributed by atoms with Gasteiger partial charge in [-0.15, -0.1) is 11.3 Å². The van der Waals surface area contributed by atoms with Gasteiger partial charge in [-0.1, -0.05) is 13.8 Å². The third-order valence-electron chi connectivity index (χ3n) is 1.40. The molecule has 0 fully saturated rings. The third kappa shape index (κ3) is 3.79. The van der Waals surface area contributed by atoms with Crippen LogP contribution in [0.2, 0.25) is 0 Å². The van der Waals surface area contributed by atoms with E-state index in [0.29, 0.717) is 11.7 Å². The van der Waals surface area contributed by atoms with E-state index in [0.717, 1.165) is 16.5 Å². The van der Waals surface area contributed by atoms with E-state index in [1.807, 2.05) is 17.1 Å². The van der Waals surface area contributed by atoms with E-state index in [9.17, 15) is 0 Å². The molecule has 0 aliphatic heterocycles. The van der Waals surface area contributed by atoms with Crippen molar-refractivity contribution < 1.29 is 0 Å². The number of hydrogen-bond acceptors (Lipinski definition) is 4. The van der Waals surface area contributed by atoms with Crippen LogP contribution in [0.1, 0.15) is 24.5 Å². The van der Waals surface area contributed by atoms with Crippen molar-refractivity contribution in [1.29, 1.82) is 5.26 Å². The number of nitriles is 1. The maximum atomic E-state index is 8.46. The highest BCUT2D eigenvalue weighted by atomic mass is 32.2. The molecule has 13 heavy (non-hydrogen) atoms. The molecule has 1 heterocycles. The Kier molecular flexibility index (Phi) is 4.26. The van der Waals surface area contributed by atoms with Crippen LogP contribution in [0.3, 0.4) is 0 Å². The summed E-state index contributed by atoms with van der Waals surface area (Å²) in [6.07, 6.45) is 0.433. The summed E-state index contributed by atoms with van der Waals surface area (Å²) in [6, 6.07) is 2.10. The fourth-order valence-corrected chi connectivity index (χ4v) is 2.41. The number of hydrogen-bond donors (Lipinski definition) is 0. The molecule has 0 saturated heterocycles. The highest BCUT2D eigenvalue weighted by Crippen LogP contribution is 2.20. The molecule has 1 rings (SSSR count). The lowest BCUT2D eigenvalue weighted by Crippen LogP contribution is -1.89. The summed E-state index contributed by atoms with van der Waals surface area (Å²) < 4.78 is 0. The van der Waals surface area contributed by atoms with Crippen LogP contribution >= 0.6 is 23.1 Å². The lowest BCUT2D eigenvalue weighted by atomic mass is 10.4. The van der Waals surface area contributed by atoms with Crippen molar-refractivity contribution in [3.8, 4) is 6.07 Å². The molecule has 0 unspecified atom stereocenters. The van der Waals surface area contributed by atoms with Gasteiger partial charge in [-0.2, -0.15) is 17.0 Å². The lowest BCUT2D eigenvalue weighted by Gasteiger charge is -2.00. The zero-order valence-electron chi connectivity index (χ0n) is 7.78. The van der Waals surface area contributed by atoms with Gasteiger partial charge in [-0.25, -0.2) is 4.98 Å². The first-order valence-corrected chi connectivity index (χ1v) is 6.07. The molecule has 0 aromatic carbocycles. The first-order chi connectivity index (χ1) is 6.22. The van der Waals surface area contributed by atoms with Crippen molar-refractivity contribution in [2.45, 2.75) is 31.3 Å². The van der Waals surface area contributed by atoms with Crippen molar-refractivity contribution in [2.75, 3.05) is 0 Å².